The van der Waals surface area contributed by atoms with Gasteiger partial charge in [0.1, 0.15) is 0 Å². The molecule has 0 unspecified atom stereocenters. The Hall–Kier alpha value is -1.63. The molecule has 1 heterocycles. The summed E-state index contributed by atoms with van der Waals surface area (Å²) < 4.78 is 0. The largest absolute Gasteiger partial charge is 0.324 e. The summed E-state index contributed by atoms with van der Waals surface area (Å²) in [7, 11) is 0. The standard InChI is InChI=1S/C129H232N5S6/c1-7-13-19-25-31-37-43-49-55-61-67-73-79-85-91-100-108-135-121-114-119(115-122(136-109-101-92-86-80-74-68-62-56-50-44-38-32-26-20-14-8-2)125(121)139-112-104-95-89-83-77-71-65-59-53-47-41-35-29-23-17-11-5)130-128-132-127(118-106-98-97-99-107-118)133-129(134-128)131-120-116-123(137-110-102-93-87-81-75-69-63-57-51-45-39-33-27-21-15-9-3)126(140-113-105-96-90-84-78-72-66-60-54-48-42-36-30-24-18-12-6)124(117-120)138-111-103-94-88-82-76-70-64-58-52-46-40-34-28-22-16-10-4/h98-99,106-107,114-117H,7-96,100-105,108-113H2,1-6H3,(H2,130,131,132,133,134). The molecule has 11 heteroatoms. The van der Waals surface area contributed by atoms with E-state index in [1.807, 2.05) is 12.1 Å². The number of hydrogen-bond donors (Lipinski definition) is 2. The molecule has 0 bridgehead atoms. The molecule has 4 aromatic rings. The van der Waals surface area contributed by atoms with Gasteiger partial charge in [0.2, 0.25) is 11.9 Å². The molecule has 0 amide bonds. The molecule has 3 aromatic carbocycles. The van der Waals surface area contributed by atoms with Crippen LogP contribution in [0.3, 0.4) is 0 Å². The zero-order valence-electron chi connectivity index (χ0n) is 94.0. The lowest BCUT2D eigenvalue weighted by Crippen LogP contribution is -2.06. The fraction of sp³-hybridized carbons (Fsp3) is 0.837. The molecule has 140 heavy (non-hydrogen) atoms. The highest BCUT2D eigenvalue weighted by molar-refractivity contribution is 8.04. The lowest BCUT2D eigenvalue weighted by molar-refractivity contribution is 0.531. The number of aromatic nitrogens is 3. The molecule has 0 saturated heterocycles. The predicted molar refractivity (Wildman–Crippen MR) is 645 cm³/mol. The van der Waals surface area contributed by atoms with Gasteiger partial charge in [-0.25, -0.2) is 0 Å². The predicted octanol–water partition coefficient (Wildman–Crippen LogP) is 48.9. The highest BCUT2D eigenvalue weighted by atomic mass is 32.2. The maximum absolute atomic E-state index is 5.48. The quantitative estimate of drug-likeness (QED) is 0.0328. The van der Waals surface area contributed by atoms with Gasteiger partial charge in [0, 0.05) is 46.3 Å². The van der Waals surface area contributed by atoms with Crippen LogP contribution in [0.15, 0.2) is 77.9 Å². The van der Waals surface area contributed by atoms with Crippen LogP contribution in [0, 0.1) is 6.07 Å². The summed E-state index contributed by atoms with van der Waals surface area (Å²) in [5.74, 6) is 8.88. The Bertz CT molecular complexity index is 2900. The van der Waals surface area contributed by atoms with E-state index in [0.717, 1.165) is 39.9 Å². The molecule has 0 atom stereocenters. The van der Waals surface area contributed by atoms with Crippen molar-refractivity contribution in [3.05, 3.63) is 54.6 Å². The van der Waals surface area contributed by atoms with Crippen LogP contribution >= 0.6 is 70.6 Å². The van der Waals surface area contributed by atoms with Crippen molar-refractivity contribution in [3.8, 4) is 11.4 Å². The number of anilines is 4. The SMILES string of the molecule is CCCCCCCCCCCCCCCCCCSc1cc(Nc2nc(Nc3cc(SCCCCCCCCCCCCCCCCCC)c(SCCCCCCCCCCCCCCCCCC)c(SCCCCCCCCCCCCCCCCCC)c3)nc(-c3cc[c]cc3)n2)cc(SCCCCCCCCCCCCCCCCCC)c1SCCCCCCCCCCCCCCCCCC. The second-order valence-corrected chi connectivity index (χ2v) is 50.1. The van der Waals surface area contributed by atoms with Crippen LogP contribution in [-0.2, 0) is 0 Å². The maximum Gasteiger partial charge on any atom is 0.232 e. The molecule has 0 aliphatic rings. The van der Waals surface area contributed by atoms with Gasteiger partial charge in [-0.15, -0.1) is 70.6 Å². The molecule has 0 aliphatic carbocycles. The van der Waals surface area contributed by atoms with Gasteiger partial charge < -0.3 is 10.6 Å². The van der Waals surface area contributed by atoms with Gasteiger partial charge >= 0.3 is 0 Å². The average Bonchev–Trinajstić information content (AvgIpc) is 0.806. The van der Waals surface area contributed by atoms with Crippen LogP contribution in [0.4, 0.5) is 23.3 Å². The van der Waals surface area contributed by atoms with Crippen LogP contribution in [0.1, 0.15) is 658 Å². The average molecular weight is 2050 g/mol. The summed E-state index contributed by atoms with van der Waals surface area (Å²) >= 11 is 12.9. The van der Waals surface area contributed by atoms with Crippen LogP contribution in [-0.4, -0.2) is 49.5 Å². The highest BCUT2D eigenvalue weighted by Crippen LogP contribution is 2.46. The molecule has 0 saturated carbocycles. The van der Waals surface area contributed by atoms with Crippen molar-refractivity contribution in [2.45, 2.75) is 687 Å². The molecule has 0 spiro atoms. The minimum atomic E-state index is 0.601. The Morgan fingerprint density at radius 3 is 0.479 bits per heavy atom. The normalized spacial score (nSPS) is 11.7. The third-order valence-corrected chi connectivity index (χ3v) is 37.1. The van der Waals surface area contributed by atoms with Crippen LogP contribution in [0.5, 0.6) is 0 Å². The number of rotatable bonds is 113. The smallest absolute Gasteiger partial charge is 0.232 e. The third kappa shape index (κ3) is 80.3. The van der Waals surface area contributed by atoms with Crippen molar-refractivity contribution in [1.82, 2.24) is 15.0 Å². The number of thioether (sulfide) groups is 6. The lowest BCUT2D eigenvalue weighted by atomic mass is 10.0. The van der Waals surface area contributed by atoms with Gasteiger partial charge in [-0.1, -0.05) is 644 Å². The Labute approximate surface area is 900 Å². The molecular formula is C129H232N5S6. The molecular weight excluding hydrogens is 1810 g/mol. The summed E-state index contributed by atoms with van der Waals surface area (Å²) in [6.45, 7) is 14.0. The summed E-state index contributed by atoms with van der Waals surface area (Å²) in [6, 6.07) is 21.6. The van der Waals surface area contributed by atoms with E-state index < -0.39 is 0 Å². The molecule has 809 valence electrons. The van der Waals surface area contributed by atoms with E-state index in [-0.39, 0.29) is 0 Å². The molecule has 4 rings (SSSR count). The van der Waals surface area contributed by atoms with Crippen LogP contribution in [0.2, 0.25) is 0 Å². The van der Waals surface area contributed by atoms with Crippen molar-refractivity contribution in [1.29, 1.82) is 0 Å². The van der Waals surface area contributed by atoms with Crippen molar-refractivity contribution >= 4 is 93.8 Å². The van der Waals surface area contributed by atoms with E-state index >= 15 is 0 Å². The molecule has 1 radical (unpaired) electrons. The zero-order valence-corrected chi connectivity index (χ0v) is 98.9. The van der Waals surface area contributed by atoms with Gasteiger partial charge in [-0.3, -0.25) is 0 Å². The van der Waals surface area contributed by atoms with Gasteiger partial charge in [-0.05, 0) is 103 Å². The second-order valence-electron chi connectivity index (χ2n) is 43.4. The van der Waals surface area contributed by atoms with E-state index in [2.05, 4.69) is 165 Å². The van der Waals surface area contributed by atoms with Gasteiger partial charge in [0.15, 0.2) is 5.82 Å². The van der Waals surface area contributed by atoms with Crippen molar-refractivity contribution in [3.63, 3.8) is 0 Å². The van der Waals surface area contributed by atoms with Crippen molar-refractivity contribution in [2.75, 3.05) is 45.2 Å². The molecule has 0 fully saturated rings. The van der Waals surface area contributed by atoms with E-state index in [1.165, 1.54) is 657 Å². The second kappa shape index (κ2) is 104. The van der Waals surface area contributed by atoms with Gasteiger partial charge in [0.25, 0.3) is 0 Å². The van der Waals surface area contributed by atoms with Gasteiger partial charge in [0.05, 0.1) is 0 Å². The number of unbranched alkanes of at least 4 members (excludes halogenated alkanes) is 90. The van der Waals surface area contributed by atoms with Crippen LogP contribution in [0.25, 0.3) is 11.4 Å². The summed E-state index contributed by atoms with van der Waals surface area (Å²) in [4.78, 5) is 25.1. The van der Waals surface area contributed by atoms with E-state index in [0.29, 0.717) is 17.7 Å². The van der Waals surface area contributed by atoms with Gasteiger partial charge in [-0.2, -0.15) is 15.0 Å². The first kappa shape index (κ1) is 131. The highest BCUT2D eigenvalue weighted by Gasteiger charge is 2.20. The summed E-state index contributed by atoms with van der Waals surface area (Å²) in [6.07, 6.45) is 135. The molecule has 1 aromatic heterocycles. The minimum absolute atomic E-state index is 0.601. The lowest BCUT2D eigenvalue weighted by Gasteiger charge is -2.19. The number of nitrogens with one attached hydrogen (secondary N) is 2. The van der Waals surface area contributed by atoms with E-state index in [1.54, 1.807) is 0 Å². The zero-order chi connectivity index (χ0) is 99.2. The number of nitrogens with zero attached hydrogens (tertiary/aromatic N) is 3. The fourth-order valence-electron chi connectivity index (χ4n) is 20.4. The fourth-order valence-corrected chi connectivity index (χ4v) is 27.9. The molecule has 2 N–H and O–H groups in total. The Balaban J connectivity index is 1.66. The first-order chi connectivity index (χ1) is 69.5. The summed E-state index contributed by atoms with van der Waals surface area (Å²) in [5, 5.41) is 7.96. The topological polar surface area (TPSA) is 62.7 Å². The Morgan fingerprint density at radius 1 is 0.179 bits per heavy atom. The first-order valence-electron chi connectivity index (χ1n) is 62.9. The molecule has 5 nitrogen and oxygen atoms in total. The van der Waals surface area contributed by atoms with E-state index in [9.17, 15) is 0 Å². The third-order valence-electron chi connectivity index (χ3n) is 29.7. The van der Waals surface area contributed by atoms with Crippen molar-refractivity contribution in [2.24, 2.45) is 0 Å². The minimum Gasteiger partial charge on any atom is -0.324 e. The van der Waals surface area contributed by atoms with E-state index in [4.69, 9.17) is 15.0 Å². The first-order valence-corrected chi connectivity index (χ1v) is 68.8. The van der Waals surface area contributed by atoms with Crippen LogP contribution < -0.4 is 10.6 Å². The Kier molecular flexibility index (Phi) is 97.5. The van der Waals surface area contributed by atoms with Crippen molar-refractivity contribution < 1.29 is 0 Å². The Morgan fingerprint density at radius 2 is 0.321 bits per heavy atom. The number of benzene rings is 3. The maximum atomic E-state index is 5.48. The number of hydrogen-bond acceptors (Lipinski definition) is 11. The monoisotopic (exact) mass is 2040 g/mol. The molecule has 0 aliphatic heterocycles. The summed E-state index contributed by atoms with van der Waals surface area (Å²) in [5.41, 5.74) is 3.17.